The van der Waals surface area contributed by atoms with Gasteiger partial charge in [0.15, 0.2) is 0 Å². The first-order chi connectivity index (χ1) is 9.31. The average Bonchev–Trinajstić information content (AvgIpc) is 2.44. The average molecular weight is 255 g/mol. The molecule has 0 saturated heterocycles. The first-order valence-electron chi connectivity index (χ1n) is 6.77. The second-order valence-electron chi connectivity index (χ2n) is 4.56. The van der Waals surface area contributed by atoms with Crippen LogP contribution in [0.2, 0.25) is 0 Å². The van der Waals surface area contributed by atoms with Crippen molar-refractivity contribution < 1.29 is 4.74 Å². The lowest BCUT2D eigenvalue weighted by molar-refractivity contribution is 0.337. The molecule has 2 rings (SSSR count). The molecule has 0 unspecified atom stereocenters. The monoisotopic (exact) mass is 255 g/mol. The summed E-state index contributed by atoms with van der Waals surface area (Å²) in [6.45, 7) is 6.59. The summed E-state index contributed by atoms with van der Waals surface area (Å²) in [6, 6.07) is 16.7. The van der Waals surface area contributed by atoms with E-state index in [-0.39, 0.29) is 0 Å². The Kier molecular flexibility index (Phi) is 4.99. The zero-order valence-electron chi connectivity index (χ0n) is 11.6. The topological polar surface area (TPSA) is 21.3 Å². The Morgan fingerprint density at radius 1 is 0.947 bits per heavy atom. The van der Waals surface area contributed by atoms with E-state index in [0.29, 0.717) is 6.61 Å². The highest BCUT2D eigenvalue weighted by atomic mass is 16.5. The molecule has 0 saturated carbocycles. The van der Waals surface area contributed by atoms with Gasteiger partial charge in [-0.15, -0.1) is 0 Å². The van der Waals surface area contributed by atoms with Crippen molar-refractivity contribution in [2.24, 2.45) is 0 Å². The van der Waals surface area contributed by atoms with Gasteiger partial charge >= 0.3 is 0 Å². The highest BCUT2D eigenvalue weighted by molar-refractivity contribution is 5.39. The number of nitrogens with one attached hydrogen (secondary N) is 1. The largest absolute Gasteiger partial charge is 0.494 e. The van der Waals surface area contributed by atoms with E-state index >= 15 is 0 Å². The Morgan fingerprint density at radius 3 is 2.47 bits per heavy atom. The molecule has 0 amide bonds. The Bertz CT molecular complexity index is 508. The van der Waals surface area contributed by atoms with Crippen molar-refractivity contribution >= 4 is 0 Å². The Labute approximate surface area is 115 Å². The van der Waals surface area contributed by atoms with Gasteiger partial charge in [-0.25, -0.2) is 0 Å². The third kappa shape index (κ3) is 3.83. The molecule has 19 heavy (non-hydrogen) atoms. The summed E-state index contributed by atoms with van der Waals surface area (Å²) in [4.78, 5) is 0. The van der Waals surface area contributed by atoms with Gasteiger partial charge in [-0.3, -0.25) is 0 Å². The first kappa shape index (κ1) is 13.6. The molecule has 0 heterocycles. The minimum absolute atomic E-state index is 0.710. The van der Waals surface area contributed by atoms with Crippen molar-refractivity contribution in [3.63, 3.8) is 0 Å². The molecule has 100 valence electrons. The fourth-order valence-electron chi connectivity index (χ4n) is 2.10. The van der Waals surface area contributed by atoms with Crippen LogP contribution < -0.4 is 10.1 Å². The molecule has 2 heteroatoms. The number of hydrogen-bond acceptors (Lipinski definition) is 2. The van der Waals surface area contributed by atoms with Crippen LogP contribution in [0.3, 0.4) is 0 Å². The van der Waals surface area contributed by atoms with E-state index in [1.54, 1.807) is 0 Å². The van der Waals surface area contributed by atoms with Gasteiger partial charge in [0.05, 0.1) is 6.61 Å². The van der Waals surface area contributed by atoms with Crippen molar-refractivity contribution in [2.75, 3.05) is 6.61 Å². The molecule has 0 fully saturated rings. The van der Waals surface area contributed by atoms with Crippen molar-refractivity contribution in [1.29, 1.82) is 0 Å². The van der Waals surface area contributed by atoms with Crippen LogP contribution in [-0.2, 0) is 13.1 Å². The Hall–Kier alpha value is -1.80. The molecule has 0 atom stereocenters. The minimum atomic E-state index is 0.710. The van der Waals surface area contributed by atoms with Crippen LogP contribution in [0.4, 0.5) is 0 Å². The number of rotatable bonds is 6. The molecular formula is C17H21NO. The summed E-state index contributed by atoms with van der Waals surface area (Å²) in [5.41, 5.74) is 3.83. The van der Waals surface area contributed by atoms with Gasteiger partial charge in [0, 0.05) is 13.1 Å². The second kappa shape index (κ2) is 6.95. The molecule has 0 bridgehead atoms. The zero-order chi connectivity index (χ0) is 13.5. The maximum atomic E-state index is 5.61. The van der Waals surface area contributed by atoms with Gasteiger partial charge in [0.1, 0.15) is 5.75 Å². The number of ether oxygens (including phenoxy) is 1. The number of hydrogen-bond donors (Lipinski definition) is 1. The van der Waals surface area contributed by atoms with Crippen molar-refractivity contribution in [3.8, 4) is 5.75 Å². The minimum Gasteiger partial charge on any atom is -0.494 e. The molecule has 2 aromatic rings. The molecule has 0 aliphatic rings. The van der Waals surface area contributed by atoms with Gasteiger partial charge in [-0.2, -0.15) is 0 Å². The van der Waals surface area contributed by atoms with E-state index in [1.165, 1.54) is 16.7 Å². The summed E-state index contributed by atoms with van der Waals surface area (Å²) in [7, 11) is 0. The molecule has 0 aromatic heterocycles. The van der Waals surface area contributed by atoms with Crippen molar-refractivity contribution in [3.05, 3.63) is 65.2 Å². The van der Waals surface area contributed by atoms with Gasteiger partial charge in [-0.05, 0) is 36.6 Å². The lowest BCUT2D eigenvalue weighted by Crippen LogP contribution is -2.13. The summed E-state index contributed by atoms with van der Waals surface area (Å²) in [6.07, 6.45) is 0. The maximum absolute atomic E-state index is 5.61. The third-order valence-electron chi connectivity index (χ3n) is 3.18. The SMILES string of the molecule is CCOc1cccc(CNCc2ccccc2)c1C. The van der Waals surface area contributed by atoms with Crippen LogP contribution in [0.15, 0.2) is 48.5 Å². The van der Waals surface area contributed by atoms with E-state index < -0.39 is 0 Å². The Balaban J connectivity index is 1.94. The fraction of sp³-hybridized carbons (Fsp3) is 0.294. The second-order valence-corrected chi connectivity index (χ2v) is 4.56. The highest BCUT2D eigenvalue weighted by Crippen LogP contribution is 2.21. The van der Waals surface area contributed by atoms with Gasteiger partial charge in [0.25, 0.3) is 0 Å². The predicted octanol–water partition coefficient (Wildman–Crippen LogP) is 3.68. The standard InChI is InChI=1S/C17H21NO/c1-3-19-17-11-7-10-16(14(17)2)13-18-12-15-8-5-4-6-9-15/h4-11,18H,3,12-13H2,1-2H3. The molecule has 0 radical (unpaired) electrons. The lowest BCUT2D eigenvalue weighted by atomic mass is 10.1. The van der Waals surface area contributed by atoms with Crippen molar-refractivity contribution in [1.82, 2.24) is 5.32 Å². The molecule has 2 aromatic carbocycles. The van der Waals surface area contributed by atoms with E-state index in [2.05, 4.69) is 48.6 Å². The first-order valence-corrected chi connectivity index (χ1v) is 6.77. The summed E-state index contributed by atoms with van der Waals surface area (Å²) >= 11 is 0. The van der Waals surface area contributed by atoms with Gasteiger partial charge < -0.3 is 10.1 Å². The molecular weight excluding hydrogens is 234 g/mol. The zero-order valence-corrected chi connectivity index (χ0v) is 11.6. The van der Waals surface area contributed by atoms with Gasteiger partial charge in [-0.1, -0.05) is 42.5 Å². The summed E-state index contributed by atoms with van der Waals surface area (Å²) in [5, 5.41) is 3.47. The predicted molar refractivity (Wildman–Crippen MR) is 79.3 cm³/mol. The molecule has 0 aliphatic carbocycles. The van der Waals surface area contributed by atoms with Crippen LogP contribution in [0, 0.1) is 6.92 Å². The van der Waals surface area contributed by atoms with Crippen LogP contribution in [0.25, 0.3) is 0 Å². The molecule has 0 spiro atoms. The van der Waals surface area contributed by atoms with Crippen LogP contribution >= 0.6 is 0 Å². The van der Waals surface area contributed by atoms with Crippen LogP contribution in [0.5, 0.6) is 5.75 Å². The van der Waals surface area contributed by atoms with Crippen LogP contribution in [0.1, 0.15) is 23.6 Å². The van der Waals surface area contributed by atoms with E-state index in [4.69, 9.17) is 4.74 Å². The third-order valence-corrected chi connectivity index (χ3v) is 3.18. The van der Waals surface area contributed by atoms with Gasteiger partial charge in [0.2, 0.25) is 0 Å². The molecule has 2 nitrogen and oxygen atoms in total. The Morgan fingerprint density at radius 2 is 1.74 bits per heavy atom. The fourth-order valence-corrected chi connectivity index (χ4v) is 2.10. The smallest absolute Gasteiger partial charge is 0.122 e. The normalized spacial score (nSPS) is 10.4. The van der Waals surface area contributed by atoms with E-state index in [0.717, 1.165) is 18.8 Å². The highest BCUT2D eigenvalue weighted by Gasteiger charge is 2.04. The maximum Gasteiger partial charge on any atom is 0.122 e. The van der Waals surface area contributed by atoms with Crippen LogP contribution in [-0.4, -0.2) is 6.61 Å². The van der Waals surface area contributed by atoms with E-state index in [9.17, 15) is 0 Å². The molecule has 0 aliphatic heterocycles. The quantitative estimate of drug-likeness (QED) is 0.850. The number of benzene rings is 2. The molecule has 1 N–H and O–H groups in total. The van der Waals surface area contributed by atoms with Crippen molar-refractivity contribution in [2.45, 2.75) is 26.9 Å². The lowest BCUT2D eigenvalue weighted by Gasteiger charge is -2.12. The summed E-state index contributed by atoms with van der Waals surface area (Å²) in [5.74, 6) is 0.988. The summed E-state index contributed by atoms with van der Waals surface area (Å²) < 4.78 is 5.61. The van der Waals surface area contributed by atoms with E-state index in [1.807, 2.05) is 19.1 Å².